The van der Waals surface area contributed by atoms with Gasteiger partial charge in [-0.25, -0.2) is 4.98 Å². The maximum atomic E-state index is 8.96. The molecule has 20 heavy (non-hydrogen) atoms. The molecule has 5 heteroatoms. The summed E-state index contributed by atoms with van der Waals surface area (Å²) >= 11 is 0. The molecular formula is C15H19N5. The Morgan fingerprint density at radius 3 is 2.80 bits per heavy atom. The number of para-hydroxylation sites is 2. The zero-order valence-corrected chi connectivity index (χ0v) is 11.5. The molecule has 3 rings (SSSR count). The zero-order chi connectivity index (χ0) is 13.8. The van der Waals surface area contributed by atoms with Crippen LogP contribution in [0.2, 0.25) is 0 Å². The molecule has 104 valence electrons. The molecule has 0 unspecified atom stereocenters. The molecule has 0 amide bonds. The Morgan fingerprint density at radius 1 is 1.20 bits per heavy atom. The van der Waals surface area contributed by atoms with E-state index in [0.717, 1.165) is 56.1 Å². The molecule has 1 aliphatic heterocycles. The average molecular weight is 269 g/mol. The lowest BCUT2D eigenvalue weighted by atomic mass is 10.3. The average Bonchev–Trinajstić information content (AvgIpc) is 2.84. The van der Waals surface area contributed by atoms with Crippen molar-refractivity contribution in [2.24, 2.45) is 0 Å². The molecular weight excluding hydrogens is 250 g/mol. The lowest BCUT2D eigenvalue weighted by Gasteiger charge is -2.27. The van der Waals surface area contributed by atoms with Crippen molar-refractivity contribution in [2.75, 3.05) is 32.7 Å². The number of imidazole rings is 1. The van der Waals surface area contributed by atoms with Crippen LogP contribution in [0.25, 0.3) is 11.0 Å². The van der Waals surface area contributed by atoms with Gasteiger partial charge in [0.1, 0.15) is 5.82 Å². The first-order valence-corrected chi connectivity index (χ1v) is 7.12. The van der Waals surface area contributed by atoms with Crippen LogP contribution in [0.5, 0.6) is 0 Å². The first-order chi connectivity index (χ1) is 9.88. The predicted molar refractivity (Wildman–Crippen MR) is 78.4 cm³/mol. The lowest BCUT2D eigenvalue weighted by molar-refractivity contribution is 0.232. The maximum Gasteiger partial charge on any atom is 0.124 e. The van der Waals surface area contributed by atoms with Gasteiger partial charge in [-0.15, -0.1) is 0 Å². The normalized spacial score (nSPS) is 16.4. The van der Waals surface area contributed by atoms with E-state index in [0.29, 0.717) is 6.42 Å². The summed E-state index contributed by atoms with van der Waals surface area (Å²) in [6.07, 6.45) is 0.371. The van der Waals surface area contributed by atoms with Crippen LogP contribution < -0.4 is 5.32 Å². The van der Waals surface area contributed by atoms with Crippen molar-refractivity contribution in [3.05, 3.63) is 30.1 Å². The fourth-order valence-corrected chi connectivity index (χ4v) is 2.76. The number of hydrogen-bond donors (Lipinski definition) is 1. The van der Waals surface area contributed by atoms with Gasteiger partial charge in [0.25, 0.3) is 0 Å². The summed E-state index contributed by atoms with van der Waals surface area (Å²) in [6.45, 7) is 6.24. The van der Waals surface area contributed by atoms with Gasteiger partial charge in [-0.3, -0.25) is 4.90 Å². The first kappa shape index (κ1) is 13.1. The zero-order valence-electron chi connectivity index (χ0n) is 11.5. The molecule has 1 aliphatic rings. The summed E-state index contributed by atoms with van der Waals surface area (Å²) in [7, 11) is 0. The number of nitrogens with zero attached hydrogens (tertiary/aromatic N) is 4. The third-order valence-electron chi connectivity index (χ3n) is 3.82. The second-order valence-corrected chi connectivity index (χ2v) is 5.09. The molecule has 0 bridgehead atoms. The standard InChI is InChI=1S/C15H19N5/c16-6-5-15-18-13-3-1-2-4-14(13)20(15)12-11-19-9-7-17-8-10-19/h1-4,17H,5,7-12H2. The number of nitrogens with one attached hydrogen (secondary N) is 1. The van der Waals surface area contributed by atoms with Crippen molar-refractivity contribution in [2.45, 2.75) is 13.0 Å². The Hall–Kier alpha value is -1.90. The molecule has 1 N–H and O–H groups in total. The molecule has 0 radical (unpaired) electrons. The second kappa shape index (κ2) is 6.04. The minimum absolute atomic E-state index is 0.371. The highest BCUT2D eigenvalue weighted by Gasteiger charge is 2.13. The highest BCUT2D eigenvalue weighted by molar-refractivity contribution is 5.75. The molecule has 1 aromatic carbocycles. The molecule has 0 aliphatic carbocycles. The third-order valence-corrected chi connectivity index (χ3v) is 3.82. The smallest absolute Gasteiger partial charge is 0.124 e. The molecule has 2 heterocycles. The Labute approximate surface area is 118 Å². The molecule has 1 saturated heterocycles. The summed E-state index contributed by atoms with van der Waals surface area (Å²) in [4.78, 5) is 7.04. The minimum atomic E-state index is 0.371. The first-order valence-electron chi connectivity index (χ1n) is 7.12. The fourth-order valence-electron chi connectivity index (χ4n) is 2.76. The van der Waals surface area contributed by atoms with Crippen LogP contribution in [-0.4, -0.2) is 47.2 Å². The molecule has 5 nitrogen and oxygen atoms in total. The largest absolute Gasteiger partial charge is 0.326 e. The van der Waals surface area contributed by atoms with Crippen LogP contribution in [0.4, 0.5) is 0 Å². The van der Waals surface area contributed by atoms with Gasteiger partial charge < -0.3 is 9.88 Å². The van der Waals surface area contributed by atoms with Crippen LogP contribution in [-0.2, 0) is 13.0 Å². The number of rotatable bonds is 4. The minimum Gasteiger partial charge on any atom is -0.326 e. The van der Waals surface area contributed by atoms with E-state index in [2.05, 4.69) is 31.9 Å². The maximum absolute atomic E-state index is 8.96. The van der Waals surface area contributed by atoms with Crippen molar-refractivity contribution in [1.29, 1.82) is 5.26 Å². The Kier molecular flexibility index (Phi) is 3.95. The third kappa shape index (κ3) is 2.67. The van der Waals surface area contributed by atoms with Gasteiger partial charge in [0.05, 0.1) is 23.5 Å². The van der Waals surface area contributed by atoms with Gasteiger partial charge >= 0.3 is 0 Å². The number of nitriles is 1. The van der Waals surface area contributed by atoms with Crippen molar-refractivity contribution >= 4 is 11.0 Å². The van der Waals surface area contributed by atoms with Crippen molar-refractivity contribution in [1.82, 2.24) is 19.8 Å². The highest BCUT2D eigenvalue weighted by Crippen LogP contribution is 2.16. The fraction of sp³-hybridized carbons (Fsp3) is 0.467. The van der Waals surface area contributed by atoms with Crippen LogP contribution in [0.3, 0.4) is 0 Å². The molecule has 0 saturated carbocycles. The summed E-state index contributed by atoms with van der Waals surface area (Å²) in [5.74, 6) is 0.879. The highest BCUT2D eigenvalue weighted by atomic mass is 15.2. The van der Waals surface area contributed by atoms with Gasteiger partial charge in [-0.05, 0) is 12.1 Å². The van der Waals surface area contributed by atoms with Crippen molar-refractivity contribution < 1.29 is 0 Å². The van der Waals surface area contributed by atoms with E-state index in [1.165, 1.54) is 0 Å². The van der Waals surface area contributed by atoms with E-state index < -0.39 is 0 Å². The number of aromatic nitrogens is 2. The van der Waals surface area contributed by atoms with Crippen LogP contribution in [0.15, 0.2) is 24.3 Å². The van der Waals surface area contributed by atoms with Crippen molar-refractivity contribution in [3.63, 3.8) is 0 Å². The lowest BCUT2D eigenvalue weighted by Crippen LogP contribution is -2.44. The molecule has 0 spiro atoms. The summed E-state index contributed by atoms with van der Waals surface area (Å²) < 4.78 is 2.20. The number of piperazine rings is 1. The molecule has 0 atom stereocenters. The van der Waals surface area contributed by atoms with Gasteiger partial charge in [-0.1, -0.05) is 12.1 Å². The van der Waals surface area contributed by atoms with E-state index in [4.69, 9.17) is 5.26 Å². The number of hydrogen-bond acceptors (Lipinski definition) is 4. The second-order valence-electron chi connectivity index (χ2n) is 5.09. The summed E-state index contributed by atoms with van der Waals surface area (Å²) in [6, 6.07) is 10.3. The van der Waals surface area contributed by atoms with E-state index in [1.54, 1.807) is 0 Å². The van der Waals surface area contributed by atoms with E-state index >= 15 is 0 Å². The van der Waals surface area contributed by atoms with Gasteiger partial charge in [0, 0.05) is 39.3 Å². The van der Waals surface area contributed by atoms with Gasteiger partial charge in [0.2, 0.25) is 0 Å². The van der Waals surface area contributed by atoms with E-state index in [1.807, 2.05) is 18.2 Å². The Bertz CT molecular complexity index is 619. The topological polar surface area (TPSA) is 56.9 Å². The predicted octanol–water partition coefficient (Wildman–Crippen LogP) is 1.01. The molecule has 1 fully saturated rings. The van der Waals surface area contributed by atoms with Crippen LogP contribution in [0.1, 0.15) is 5.82 Å². The molecule has 1 aromatic heterocycles. The number of benzene rings is 1. The van der Waals surface area contributed by atoms with E-state index in [9.17, 15) is 0 Å². The monoisotopic (exact) mass is 269 g/mol. The SMILES string of the molecule is N#CCc1nc2ccccc2n1CCN1CCNCC1. The summed E-state index contributed by atoms with van der Waals surface area (Å²) in [5.41, 5.74) is 2.12. The number of fused-ring (bicyclic) bond motifs is 1. The summed E-state index contributed by atoms with van der Waals surface area (Å²) in [5, 5.41) is 12.3. The van der Waals surface area contributed by atoms with E-state index in [-0.39, 0.29) is 0 Å². The Balaban J connectivity index is 1.81. The van der Waals surface area contributed by atoms with Gasteiger partial charge in [0.15, 0.2) is 0 Å². The van der Waals surface area contributed by atoms with Crippen LogP contribution >= 0.6 is 0 Å². The van der Waals surface area contributed by atoms with Crippen LogP contribution in [0, 0.1) is 11.3 Å². The Morgan fingerprint density at radius 2 is 2.00 bits per heavy atom. The molecule has 2 aromatic rings. The quantitative estimate of drug-likeness (QED) is 0.900. The van der Waals surface area contributed by atoms with Crippen molar-refractivity contribution in [3.8, 4) is 6.07 Å². The van der Waals surface area contributed by atoms with Gasteiger partial charge in [-0.2, -0.15) is 5.26 Å².